The molecule has 0 spiro atoms. The van der Waals surface area contributed by atoms with Crippen LogP contribution >= 0.6 is 11.6 Å². The summed E-state index contributed by atoms with van der Waals surface area (Å²) in [5.74, 6) is -0.472. The number of esters is 3. The fourth-order valence-electron chi connectivity index (χ4n) is 12.7. The number of nitrogens with zero attached hydrogens (tertiary/aromatic N) is 4. The molecule has 11 rings (SSSR count). The molecule has 96 heavy (non-hydrogen) atoms. The summed E-state index contributed by atoms with van der Waals surface area (Å²) in [5.41, 5.74) is 7.61. The highest BCUT2D eigenvalue weighted by molar-refractivity contribution is 6.30. The Hall–Kier alpha value is -9.14. The smallest absolute Gasteiger partial charge is 0.379 e. The second-order valence-corrected chi connectivity index (χ2v) is 27.2. The van der Waals surface area contributed by atoms with Crippen molar-refractivity contribution in [3.05, 3.63) is 208 Å². The van der Waals surface area contributed by atoms with E-state index in [1.165, 1.54) is 17.7 Å². The Labute approximate surface area is 563 Å². The molecule has 3 aliphatic heterocycles. The van der Waals surface area contributed by atoms with E-state index >= 15 is 0 Å². The van der Waals surface area contributed by atoms with Crippen LogP contribution in [0.4, 0.5) is 0 Å². The number of hydrogen-bond donors (Lipinski definition) is 2. The third-order valence-electron chi connectivity index (χ3n) is 17.8. The third kappa shape index (κ3) is 15.9. The molecule has 8 aromatic rings. The van der Waals surface area contributed by atoms with Gasteiger partial charge < -0.3 is 47.9 Å². The predicted octanol–water partition coefficient (Wildman–Crippen LogP) is 11.7. The first-order valence-corrected chi connectivity index (χ1v) is 33.0. The fourth-order valence-corrected chi connectivity index (χ4v) is 12.8. The molecule has 5 heterocycles. The second-order valence-electron chi connectivity index (χ2n) is 26.7. The number of benzene rings is 6. The van der Waals surface area contributed by atoms with Gasteiger partial charge in [-0.2, -0.15) is 0 Å². The van der Waals surface area contributed by atoms with Crippen molar-refractivity contribution in [2.24, 2.45) is 9.98 Å². The van der Waals surface area contributed by atoms with Crippen LogP contribution in [-0.2, 0) is 37.9 Å². The van der Waals surface area contributed by atoms with Crippen molar-refractivity contribution < 1.29 is 51.6 Å². The Morgan fingerprint density at radius 3 is 1.54 bits per heavy atom. The van der Waals surface area contributed by atoms with Gasteiger partial charge in [-0.1, -0.05) is 120 Å². The summed E-state index contributed by atoms with van der Waals surface area (Å²) >= 11 is 6.29. The lowest BCUT2D eigenvalue weighted by atomic mass is 9.82. The lowest BCUT2D eigenvalue weighted by Crippen LogP contribution is -2.48. The lowest BCUT2D eigenvalue weighted by Gasteiger charge is -2.39. The maximum Gasteiger partial charge on any atom is 0.379 e. The van der Waals surface area contributed by atoms with Crippen LogP contribution in [0.1, 0.15) is 124 Å². The van der Waals surface area contributed by atoms with E-state index in [1.54, 1.807) is 24.3 Å². The molecule has 3 aliphatic rings. The molecule has 1 atom stereocenters. The van der Waals surface area contributed by atoms with Crippen molar-refractivity contribution in [3.63, 3.8) is 0 Å². The molecule has 0 saturated carbocycles. The standard InChI is InChI=1S/C76H83ClN6O13/c1-45-36-55(75(5,6)7)71(47(3)53(45)38-65-78-26-27-79-65)95-73(87)63-40-57(84)68-59(18-14-20-61(68)93-63)90-42-52(92-67(86)44-89-35-34-82-30-32-83(33-31-82)70(49-16-12-11-13-17-49)50-22-24-51(77)25-23-50)43-91-60-19-15-21-62-69(60)58(85)41-64(94-62)74(88)96-72-48(4)54(39-66-80-28-29-81-66)46(2)37-56(72)76(8,9)10/h11-25,36-37,40-41,52,70H,26-35,38-39,42-44H2,1-10H3,(H,78,79)(H,80,81). The summed E-state index contributed by atoms with van der Waals surface area (Å²) < 4.78 is 49.3. The normalized spacial score (nSPS) is 14.9. The lowest BCUT2D eigenvalue weighted by molar-refractivity contribution is -0.157. The molecule has 0 amide bonds. The molecule has 2 aromatic heterocycles. The maximum atomic E-state index is 14.2. The number of fused-ring (bicyclic) bond motifs is 2. The van der Waals surface area contributed by atoms with Crippen molar-refractivity contribution in [2.45, 2.75) is 105 Å². The molecule has 1 saturated heterocycles. The third-order valence-corrected chi connectivity index (χ3v) is 18.0. The molecule has 2 N–H and O–H groups in total. The number of piperazine rings is 1. The highest BCUT2D eigenvalue weighted by Crippen LogP contribution is 2.41. The molecule has 1 fully saturated rings. The number of carbonyl (C=O) groups excluding carboxylic acids is 3. The average molecular weight is 1320 g/mol. The van der Waals surface area contributed by atoms with E-state index in [0.29, 0.717) is 49.0 Å². The first-order valence-electron chi connectivity index (χ1n) is 32.7. The van der Waals surface area contributed by atoms with E-state index in [9.17, 15) is 24.0 Å². The zero-order valence-corrected chi connectivity index (χ0v) is 57.0. The number of aliphatic imine (C=N–C) groups is 2. The van der Waals surface area contributed by atoms with Crippen LogP contribution < -0.4 is 40.4 Å². The van der Waals surface area contributed by atoms with Crippen LogP contribution in [0.15, 0.2) is 144 Å². The summed E-state index contributed by atoms with van der Waals surface area (Å²) in [5, 5.41) is 7.38. The molecule has 502 valence electrons. The SMILES string of the molecule is Cc1cc(C(C)(C)C)c(OC(=O)c2cc(=O)c3c(OCC(COc4cccc5oc(C(=O)Oc6c(C(C)(C)C)cc(C)c(CC7=NCCN7)c6C)cc(=O)c45)OC(=O)COCCN4CCN(C(c5ccccc5)c5ccc(Cl)cc5)CC4)cccc3o2)c(C)c1CC1=NCCN1. The van der Waals surface area contributed by atoms with Crippen molar-refractivity contribution in [1.82, 2.24) is 20.4 Å². The molecule has 19 nitrogen and oxygen atoms in total. The number of amidine groups is 2. The van der Waals surface area contributed by atoms with Gasteiger partial charge in [-0.25, -0.2) is 14.4 Å². The first kappa shape index (κ1) is 68.3. The number of ether oxygens (including phenoxy) is 6. The molecular formula is C76H83ClN6O13. The summed E-state index contributed by atoms with van der Waals surface area (Å²) in [6, 6.07) is 34.1. The molecule has 20 heteroatoms. The molecule has 6 aromatic carbocycles. The monoisotopic (exact) mass is 1320 g/mol. The quantitative estimate of drug-likeness (QED) is 0.0345. The highest BCUT2D eigenvalue weighted by atomic mass is 35.5. The van der Waals surface area contributed by atoms with Gasteiger partial charge in [-0.15, -0.1) is 0 Å². The van der Waals surface area contributed by atoms with Crippen molar-refractivity contribution >= 4 is 63.1 Å². The van der Waals surface area contributed by atoms with E-state index in [-0.39, 0.29) is 70.8 Å². The zero-order valence-electron chi connectivity index (χ0n) is 56.2. The number of halogens is 1. The van der Waals surface area contributed by atoms with Crippen molar-refractivity contribution in [3.8, 4) is 23.0 Å². The van der Waals surface area contributed by atoms with Crippen LogP contribution in [0.25, 0.3) is 21.9 Å². The Balaban J connectivity index is 0.803. The van der Waals surface area contributed by atoms with Gasteiger partial charge in [0.05, 0.1) is 25.7 Å². The fraction of sp³-hybridized carbons (Fsp3) is 0.382. The zero-order chi connectivity index (χ0) is 68.0. The van der Waals surface area contributed by atoms with Crippen LogP contribution in [-0.4, -0.2) is 131 Å². The highest BCUT2D eigenvalue weighted by Gasteiger charge is 2.32. The van der Waals surface area contributed by atoms with Crippen molar-refractivity contribution in [1.29, 1.82) is 0 Å². The largest absolute Gasteiger partial charge is 0.489 e. The van der Waals surface area contributed by atoms with E-state index in [0.717, 1.165) is 113 Å². The van der Waals surface area contributed by atoms with Gasteiger partial charge in [0, 0.05) is 86.9 Å². The topological polar surface area (TPSA) is 222 Å². The van der Waals surface area contributed by atoms with Gasteiger partial charge in [0.1, 0.15) is 76.4 Å². The van der Waals surface area contributed by atoms with Gasteiger partial charge >= 0.3 is 17.9 Å². The van der Waals surface area contributed by atoms with Crippen LogP contribution in [0.2, 0.25) is 5.02 Å². The second kappa shape index (κ2) is 29.5. The van der Waals surface area contributed by atoms with E-state index in [4.69, 9.17) is 48.9 Å². The van der Waals surface area contributed by atoms with Crippen LogP contribution in [0.5, 0.6) is 23.0 Å². The Kier molecular flexibility index (Phi) is 20.9. The molecule has 0 aliphatic carbocycles. The Morgan fingerprint density at radius 2 is 1.08 bits per heavy atom. The number of nitrogens with one attached hydrogen (secondary N) is 2. The van der Waals surface area contributed by atoms with Gasteiger partial charge in [-0.05, 0) is 119 Å². The molecular weight excluding hydrogens is 1240 g/mol. The Morgan fingerprint density at radius 1 is 0.604 bits per heavy atom. The van der Waals surface area contributed by atoms with E-state index in [2.05, 4.69) is 66.8 Å². The number of hydrogen-bond acceptors (Lipinski definition) is 19. The first-order chi connectivity index (χ1) is 46.0. The van der Waals surface area contributed by atoms with Gasteiger partial charge in [0.2, 0.25) is 11.5 Å². The summed E-state index contributed by atoms with van der Waals surface area (Å²) in [6.45, 7) is 25.9. The molecule has 0 bridgehead atoms. The van der Waals surface area contributed by atoms with Crippen molar-refractivity contribution in [2.75, 3.05) is 85.3 Å². The summed E-state index contributed by atoms with van der Waals surface area (Å²) in [6.07, 6.45) is -0.0992. The van der Waals surface area contributed by atoms with Gasteiger partial charge in [0.15, 0.2) is 17.0 Å². The van der Waals surface area contributed by atoms with Crippen LogP contribution in [0, 0.1) is 27.7 Å². The number of rotatable bonds is 23. The number of carbonyl (C=O) groups is 3. The summed E-state index contributed by atoms with van der Waals surface area (Å²) in [7, 11) is 0. The Bertz CT molecular complexity index is 4190. The molecule has 1 unspecified atom stereocenters. The minimum absolute atomic E-state index is 0.0173. The molecule has 0 radical (unpaired) electrons. The van der Waals surface area contributed by atoms with Crippen LogP contribution in [0.3, 0.4) is 0 Å². The van der Waals surface area contributed by atoms with E-state index < -0.39 is 52.3 Å². The van der Waals surface area contributed by atoms with E-state index in [1.807, 2.05) is 99.6 Å². The van der Waals surface area contributed by atoms with Gasteiger partial charge in [0.25, 0.3) is 0 Å². The predicted molar refractivity (Wildman–Crippen MR) is 372 cm³/mol. The maximum absolute atomic E-state index is 14.2. The van der Waals surface area contributed by atoms with Gasteiger partial charge in [-0.3, -0.25) is 29.4 Å². The minimum atomic E-state index is -1.17. The number of aryl methyl sites for hydroxylation is 2. The minimum Gasteiger partial charge on any atom is -0.489 e. The average Bonchev–Trinajstić information content (AvgIpc) is 0.999. The summed E-state index contributed by atoms with van der Waals surface area (Å²) in [4.78, 5) is 84.5.